The number of anilines is 1. The van der Waals surface area contributed by atoms with E-state index in [1.165, 1.54) is 19.1 Å². The van der Waals surface area contributed by atoms with Crippen molar-refractivity contribution in [1.29, 1.82) is 5.26 Å². The topological polar surface area (TPSA) is 121 Å². The number of hydrogen-bond acceptors (Lipinski definition) is 7. The molecule has 0 aromatic heterocycles. The van der Waals surface area contributed by atoms with E-state index in [0.29, 0.717) is 33.3 Å². The van der Waals surface area contributed by atoms with Gasteiger partial charge in [0.25, 0.3) is 0 Å². The van der Waals surface area contributed by atoms with Crippen molar-refractivity contribution in [2.24, 2.45) is 0 Å². The number of aliphatic carboxylic acids is 1. The van der Waals surface area contributed by atoms with Crippen LogP contribution in [0.1, 0.15) is 11.1 Å². The van der Waals surface area contributed by atoms with Crippen LogP contribution in [0.2, 0.25) is 5.02 Å². The second-order valence-electron chi connectivity index (χ2n) is 8.21. The van der Waals surface area contributed by atoms with E-state index >= 15 is 0 Å². The van der Waals surface area contributed by atoms with E-state index in [0.717, 1.165) is 0 Å². The standard InChI is InChI=1S/C27H24ClN3O6/c1-35-19-13-20(36-2)15-21(14-19)37-25(26(33)34)27(17-6-4-3-5-7-17)22-12-18(28)8-9-23(22)31(11-10-29)24(32)16-30-27/h3-9,12-15,25,30H,11,16H2,1-2H3,(H,33,34)/t25-,27+/m1/s1. The number of hydrogen-bond donors (Lipinski definition) is 2. The number of rotatable bonds is 8. The first-order valence-corrected chi connectivity index (χ1v) is 11.6. The van der Waals surface area contributed by atoms with Crippen LogP contribution in [0.3, 0.4) is 0 Å². The monoisotopic (exact) mass is 521 g/mol. The highest BCUT2D eigenvalue weighted by Crippen LogP contribution is 2.43. The highest BCUT2D eigenvalue weighted by molar-refractivity contribution is 6.30. The molecule has 4 rings (SSSR count). The molecule has 2 atom stereocenters. The molecule has 1 heterocycles. The van der Waals surface area contributed by atoms with Crippen molar-refractivity contribution in [2.75, 3.05) is 32.2 Å². The molecule has 3 aromatic rings. The molecule has 0 saturated carbocycles. The Balaban J connectivity index is 2.01. The third kappa shape index (κ3) is 4.89. The first kappa shape index (κ1) is 25.8. The van der Waals surface area contributed by atoms with Crippen LogP contribution in [0.15, 0.2) is 66.7 Å². The number of nitrogens with one attached hydrogen (secondary N) is 1. The number of carbonyl (C=O) groups is 2. The van der Waals surface area contributed by atoms with E-state index in [2.05, 4.69) is 5.32 Å². The second kappa shape index (κ2) is 10.8. The van der Waals surface area contributed by atoms with E-state index in [1.54, 1.807) is 66.7 Å². The summed E-state index contributed by atoms with van der Waals surface area (Å²) < 4.78 is 16.8. The smallest absolute Gasteiger partial charge is 0.347 e. The molecule has 0 unspecified atom stereocenters. The summed E-state index contributed by atoms with van der Waals surface area (Å²) in [7, 11) is 2.94. The Labute approximate surface area is 218 Å². The van der Waals surface area contributed by atoms with Gasteiger partial charge < -0.3 is 19.3 Å². The number of nitriles is 1. The fraction of sp³-hybridized carbons (Fsp3) is 0.222. The van der Waals surface area contributed by atoms with Crippen molar-refractivity contribution in [3.63, 3.8) is 0 Å². The number of fused-ring (bicyclic) bond motifs is 1. The number of carboxylic acid groups (broad SMARTS) is 1. The van der Waals surface area contributed by atoms with Crippen molar-refractivity contribution in [2.45, 2.75) is 11.6 Å². The summed E-state index contributed by atoms with van der Waals surface area (Å²) in [4.78, 5) is 27.4. The number of amides is 1. The van der Waals surface area contributed by atoms with Gasteiger partial charge in [0, 0.05) is 28.8 Å². The Bertz CT molecular complexity index is 1340. The molecule has 10 heteroatoms. The van der Waals surface area contributed by atoms with Crippen LogP contribution in [-0.2, 0) is 15.1 Å². The number of benzene rings is 3. The van der Waals surface area contributed by atoms with Gasteiger partial charge in [0.2, 0.25) is 12.0 Å². The molecule has 0 radical (unpaired) electrons. The highest BCUT2D eigenvalue weighted by atomic mass is 35.5. The highest BCUT2D eigenvalue weighted by Gasteiger charge is 2.52. The normalized spacial score (nSPS) is 17.7. The maximum Gasteiger partial charge on any atom is 0.347 e. The van der Waals surface area contributed by atoms with Crippen molar-refractivity contribution in [3.8, 4) is 23.3 Å². The molecule has 0 fully saturated rings. The molecule has 1 aliphatic rings. The molecular formula is C27H24ClN3O6. The molecule has 1 aliphatic heterocycles. The van der Waals surface area contributed by atoms with Crippen LogP contribution in [0.25, 0.3) is 0 Å². The van der Waals surface area contributed by atoms with Crippen LogP contribution in [0.4, 0.5) is 5.69 Å². The number of methoxy groups -OCH3 is 2. The Kier molecular flexibility index (Phi) is 7.53. The van der Waals surface area contributed by atoms with Crippen LogP contribution < -0.4 is 24.4 Å². The molecule has 0 aliphatic carbocycles. The number of nitrogens with zero attached hydrogens (tertiary/aromatic N) is 2. The first-order chi connectivity index (χ1) is 17.8. The zero-order valence-corrected chi connectivity index (χ0v) is 20.9. The van der Waals surface area contributed by atoms with Gasteiger partial charge in [-0.1, -0.05) is 41.9 Å². The fourth-order valence-electron chi connectivity index (χ4n) is 4.50. The van der Waals surface area contributed by atoms with Gasteiger partial charge in [-0.2, -0.15) is 5.26 Å². The SMILES string of the molecule is COc1cc(OC)cc(O[C@H](C(=O)O)[C@@]2(c3ccccc3)NCC(=O)N(CC#N)c3ccc(Cl)cc32)c1. The van der Waals surface area contributed by atoms with Crippen LogP contribution in [-0.4, -0.2) is 50.4 Å². The zero-order valence-electron chi connectivity index (χ0n) is 20.1. The predicted octanol–water partition coefficient (Wildman–Crippen LogP) is 3.59. The minimum Gasteiger partial charge on any atom is -0.496 e. The largest absolute Gasteiger partial charge is 0.496 e. The molecule has 3 aromatic carbocycles. The van der Waals surface area contributed by atoms with Gasteiger partial charge in [0.1, 0.15) is 29.3 Å². The molecule has 190 valence electrons. The van der Waals surface area contributed by atoms with Crippen molar-refractivity contribution >= 4 is 29.2 Å². The molecule has 0 saturated heterocycles. The number of carboxylic acids is 1. The van der Waals surface area contributed by atoms with Gasteiger partial charge >= 0.3 is 5.97 Å². The Morgan fingerprint density at radius 1 is 1.11 bits per heavy atom. The summed E-state index contributed by atoms with van der Waals surface area (Å²) in [5.41, 5.74) is -0.353. The van der Waals surface area contributed by atoms with Crippen LogP contribution in [0.5, 0.6) is 17.2 Å². The summed E-state index contributed by atoms with van der Waals surface area (Å²) >= 11 is 6.41. The van der Waals surface area contributed by atoms with Gasteiger partial charge in [-0.25, -0.2) is 4.79 Å². The van der Waals surface area contributed by atoms with E-state index < -0.39 is 23.5 Å². The third-order valence-electron chi connectivity index (χ3n) is 6.15. The average Bonchev–Trinajstić information content (AvgIpc) is 3.02. The first-order valence-electron chi connectivity index (χ1n) is 11.2. The quantitative estimate of drug-likeness (QED) is 0.431. The molecule has 2 N–H and O–H groups in total. The minimum absolute atomic E-state index is 0.175. The van der Waals surface area contributed by atoms with E-state index in [4.69, 9.17) is 25.8 Å². The summed E-state index contributed by atoms with van der Waals surface area (Å²) in [5.74, 6) is -0.728. The molecule has 1 amide bonds. The second-order valence-corrected chi connectivity index (χ2v) is 8.65. The summed E-state index contributed by atoms with van der Waals surface area (Å²) in [6.07, 6.45) is -1.60. The Hall–Kier alpha value is -4.26. The predicted molar refractivity (Wildman–Crippen MR) is 136 cm³/mol. The van der Waals surface area contributed by atoms with Crippen molar-refractivity contribution in [3.05, 3.63) is 82.9 Å². The zero-order chi connectivity index (χ0) is 26.6. The van der Waals surface area contributed by atoms with E-state index in [9.17, 15) is 20.0 Å². The minimum atomic E-state index is -1.60. The number of ether oxygens (including phenoxy) is 3. The fourth-order valence-corrected chi connectivity index (χ4v) is 4.67. The van der Waals surface area contributed by atoms with Gasteiger partial charge in [0.05, 0.1) is 32.5 Å². The summed E-state index contributed by atoms with van der Waals surface area (Å²) in [5, 5.41) is 23.5. The van der Waals surface area contributed by atoms with Gasteiger partial charge in [-0.3, -0.25) is 15.0 Å². The van der Waals surface area contributed by atoms with Gasteiger partial charge in [-0.05, 0) is 23.8 Å². The summed E-state index contributed by atoms with van der Waals surface area (Å²) in [6.45, 7) is -0.497. The van der Waals surface area contributed by atoms with Crippen LogP contribution >= 0.6 is 11.6 Å². The van der Waals surface area contributed by atoms with Crippen LogP contribution in [0, 0.1) is 11.3 Å². The maximum absolute atomic E-state index is 13.1. The molecule has 0 spiro atoms. The van der Waals surface area contributed by atoms with Crippen molar-refractivity contribution < 1.29 is 28.9 Å². The Morgan fingerprint density at radius 2 is 1.76 bits per heavy atom. The van der Waals surface area contributed by atoms with Crippen molar-refractivity contribution in [1.82, 2.24) is 5.32 Å². The number of carbonyl (C=O) groups excluding carboxylic acids is 1. The van der Waals surface area contributed by atoms with Gasteiger partial charge in [-0.15, -0.1) is 0 Å². The molecular weight excluding hydrogens is 498 g/mol. The summed E-state index contributed by atoms with van der Waals surface area (Å²) in [6, 6.07) is 20.3. The molecule has 37 heavy (non-hydrogen) atoms. The third-order valence-corrected chi connectivity index (χ3v) is 6.38. The lowest BCUT2D eigenvalue weighted by Gasteiger charge is -2.40. The van der Waals surface area contributed by atoms with E-state index in [1.807, 2.05) is 6.07 Å². The lowest BCUT2D eigenvalue weighted by Crippen LogP contribution is -2.58. The molecule has 9 nitrogen and oxygen atoms in total. The lowest BCUT2D eigenvalue weighted by molar-refractivity contribution is -0.149. The number of halogens is 1. The maximum atomic E-state index is 13.1. The van der Waals surface area contributed by atoms with Gasteiger partial charge in [0.15, 0.2) is 0 Å². The average molecular weight is 522 g/mol. The van der Waals surface area contributed by atoms with E-state index in [-0.39, 0.29) is 18.8 Å². The Morgan fingerprint density at radius 3 is 2.35 bits per heavy atom. The molecule has 0 bridgehead atoms. The lowest BCUT2D eigenvalue weighted by atomic mass is 9.77.